The molecule has 0 aliphatic carbocycles. The molecule has 0 atom stereocenters. The number of nitrogens with zero attached hydrogens (tertiary/aromatic N) is 2. The van der Waals surface area contributed by atoms with E-state index in [1.165, 1.54) is 11.4 Å². The molecule has 4 heteroatoms. The fourth-order valence-corrected chi connectivity index (χ4v) is 3.30. The van der Waals surface area contributed by atoms with Crippen LogP contribution in [0.2, 0.25) is 0 Å². The van der Waals surface area contributed by atoms with Gasteiger partial charge in [-0.2, -0.15) is 0 Å². The van der Waals surface area contributed by atoms with Crippen molar-refractivity contribution < 1.29 is 4.79 Å². The standard InChI is InChI=1S/C18H21N3O/c19-18(22)15-21(17-9-5-2-6-10-17)13-11-20(12-14-21)16-7-3-1-4-8-16/h1-10H,11-15H2,(H-,19,22)/p+1. The molecule has 1 saturated heterocycles. The summed E-state index contributed by atoms with van der Waals surface area (Å²) in [7, 11) is 0. The van der Waals surface area contributed by atoms with Crippen molar-refractivity contribution in [2.24, 2.45) is 5.73 Å². The van der Waals surface area contributed by atoms with Crippen LogP contribution in [0.3, 0.4) is 0 Å². The lowest BCUT2D eigenvalue weighted by Gasteiger charge is -2.44. The lowest BCUT2D eigenvalue weighted by atomic mass is 10.1. The van der Waals surface area contributed by atoms with E-state index in [2.05, 4.69) is 41.3 Å². The Morgan fingerprint density at radius 3 is 2.05 bits per heavy atom. The van der Waals surface area contributed by atoms with E-state index in [9.17, 15) is 4.79 Å². The summed E-state index contributed by atoms with van der Waals surface area (Å²) in [6.45, 7) is 3.99. The van der Waals surface area contributed by atoms with Gasteiger partial charge in [0.2, 0.25) is 0 Å². The number of para-hydroxylation sites is 2. The van der Waals surface area contributed by atoms with Crippen LogP contribution in [0.5, 0.6) is 0 Å². The van der Waals surface area contributed by atoms with Crippen LogP contribution in [0, 0.1) is 0 Å². The van der Waals surface area contributed by atoms with Gasteiger partial charge in [-0.05, 0) is 24.3 Å². The van der Waals surface area contributed by atoms with Crippen LogP contribution in [0.15, 0.2) is 60.7 Å². The number of nitrogens with two attached hydrogens (primary N) is 1. The van der Waals surface area contributed by atoms with Crippen molar-refractivity contribution in [1.82, 2.24) is 4.48 Å². The Balaban J connectivity index is 1.81. The molecule has 2 aromatic rings. The van der Waals surface area contributed by atoms with Gasteiger partial charge in [0.1, 0.15) is 18.8 Å². The van der Waals surface area contributed by atoms with E-state index in [0.29, 0.717) is 11.0 Å². The molecule has 0 spiro atoms. The predicted molar refractivity (Wildman–Crippen MR) is 90.7 cm³/mol. The number of carbonyl (C=O) groups excluding carboxylic acids is 1. The lowest BCUT2D eigenvalue weighted by molar-refractivity contribution is -0.119. The summed E-state index contributed by atoms with van der Waals surface area (Å²) in [5.41, 5.74) is 7.94. The second-order valence-electron chi connectivity index (χ2n) is 5.87. The molecule has 0 aromatic heterocycles. The minimum absolute atomic E-state index is 0.239. The summed E-state index contributed by atoms with van der Waals surface area (Å²) in [4.78, 5) is 14.0. The molecule has 1 amide bonds. The second-order valence-corrected chi connectivity index (χ2v) is 5.87. The van der Waals surface area contributed by atoms with Crippen LogP contribution in [0.1, 0.15) is 0 Å². The van der Waals surface area contributed by atoms with Crippen molar-refractivity contribution in [1.29, 1.82) is 0 Å². The molecular weight excluding hydrogens is 274 g/mol. The number of piperazine rings is 1. The Labute approximate surface area is 131 Å². The Morgan fingerprint density at radius 1 is 0.955 bits per heavy atom. The first kappa shape index (κ1) is 14.6. The summed E-state index contributed by atoms with van der Waals surface area (Å²) < 4.78 is 0.652. The highest BCUT2D eigenvalue weighted by atomic mass is 16.1. The SMILES string of the molecule is NC(=O)C[N+]1(c2ccccc2)CCN(c2ccccc2)CC1. The van der Waals surface area contributed by atoms with Gasteiger partial charge in [-0.1, -0.05) is 36.4 Å². The highest BCUT2D eigenvalue weighted by molar-refractivity contribution is 5.78. The number of primary amides is 1. The average Bonchev–Trinajstić information content (AvgIpc) is 2.56. The Kier molecular flexibility index (Phi) is 4.11. The summed E-state index contributed by atoms with van der Waals surface area (Å²) in [5, 5.41) is 0. The molecule has 4 nitrogen and oxygen atoms in total. The van der Waals surface area contributed by atoms with Gasteiger partial charge in [0.15, 0.2) is 6.54 Å². The first-order valence-corrected chi connectivity index (χ1v) is 7.70. The first-order chi connectivity index (χ1) is 10.7. The molecule has 0 unspecified atom stereocenters. The van der Waals surface area contributed by atoms with E-state index >= 15 is 0 Å². The number of hydrogen-bond donors (Lipinski definition) is 1. The average molecular weight is 296 g/mol. The van der Waals surface area contributed by atoms with Crippen molar-refractivity contribution in [2.75, 3.05) is 37.6 Å². The molecule has 2 N–H and O–H groups in total. The van der Waals surface area contributed by atoms with Crippen LogP contribution < -0.4 is 15.1 Å². The summed E-state index contributed by atoms with van der Waals surface area (Å²) in [6.07, 6.45) is 0. The summed E-state index contributed by atoms with van der Waals surface area (Å²) >= 11 is 0. The molecule has 1 fully saturated rings. The van der Waals surface area contributed by atoms with Gasteiger partial charge in [0.05, 0.1) is 13.1 Å². The smallest absolute Gasteiger partial charge is 0.273 e. The van der Waals surface area contributed by atoms with Gasteiger partial charge in [-0.15, -0.1) is 0 Å². The van der Waals surface area contributed by atoms with Gasteiger partial charge in [-0.25, -0.2) is 0 Å². The monoisotopic (exact) mass is 296 g/mol. The number of amides is 1. The molecule has 0 radical (unpaired) electrons. The normalized spacial score (nSPS) is 17.2. The number of carbonyl (C=O) groups is 1. The van der Waals surface area contributed by atoms with E-state index in [1.807, 2.05) is 24.3 Å². The zero-order valence-electron chi connectivity index (χ0n) is 12.7. The zero-order chi connectivity index (χ0) is 15.4. The molecule has 1 aliphatic rings. The van der Waals surface area contributed by atoms with Crippen LogP contribution >= 0.6 is 0 Å². The number of quaternary nitrogens is 1. The number of hydrogen-bond acceptors (Lipinski definition) is 2. The highest BCUT2D eigenvalue weighted by Gasteiger charge is 2.36. The van der Waals surface area contributed by atoms with E-state index in [1.54, 1.807) is 0 Å². The van der Waals surface area contributed by atoms with E-state index in [-0.39, 0.29) is 5.91 Å². The lowest BCUT2D eigenvalue weighted by Crippen LogP contribution is -2.63. The third kappa shape index (κ3) is 2.97. The van der Waals surface area contributed by atoms with Crippen molar-refractivity contribution in [3.63, 3.8) is 0 Å². The quantitative estimate of drug-likeness (QED) is 0.877. The van der Waals surface area contributed by atoms with Crippen LogP contribution in [-0.4, -0.2) is 38.6 Å². The summed E-state index contributed by atoms with van der Waals surface area (Å²) in [5.74, 6) is -0.239. The van der Waals surface area contributed by atoms with Crippen molar-refractivity contribution in [2.45, 2.75) is 0 Å². The molecule has 114 valence electrons. The van der Waals surface area contributed by atoms with Gasteiger partial charge >= 0.3 is 0 Å². The maximum absolute atomic E-state index is 11.6. The Morgan fingerprint density at radius 2 is 1.50 bits per heavy atom. The predicted octanol–water partition coefficient (Wildman–Crippen LogP) is 2.00. The third-order valence-electron chi connectivity index (χ3n) is 4.48. The molecule has 3 rings (SSSR count). The van der Waals surface area contributed by atoms with E-state index in [4.69, 9.17) is 5.73 Å². The Hall–Kier alpha value is -2.33. The molecular formula is C18H22N3O+. The zero-order valence-corrected chi connectivity index (χ0v) is 12.7. The van der Waals surface area contributed by atoms with E-state index < -0.39 is 0 Å². The topological polar surface area (TPSA) is 46.3 Å². The molecule has 2 aromatic carbocycles. The van der Waals surface area contributed by atoms with Crippen molar-refractivity contribution in [3.8, 4) is 0 Å². The molecule has 0 bridgehead atoms. The highest BCUT2D eigenvalue weighted by Crippen LogP contribution is 2.27. The number of anilines is 1. The van der Waals surface area contributed by atoms with Gasteiger partial charge in [0.25, 0.3) is 5.91 Å². The van der Waals surface area contributed by atoms with Crippen LogP contribution in [-0.2, 0) is 4.79 Å². The fourth-order valence-electron chi connectivity index (χ4n) is 3.30. The number of rotatable bonds is 4. The molecule has 22 heavy (non-hydrogen) atoms. The van der Waals surface area contributed by atoms with Gasteiger partial charge in [-0.3, -0.25) is 9.28 Å². The van der Waals surface area contributed by atoms with Gasteiger partial charge < -0.3 is 10.6 Å². The fraction of sp³-hybridized carbons (Fsp3) is 0.278. The van der Waals surface area contributed by atoms with Crippen LogP contribution in [0.4, 0.5) is 11.4 Å². The minimum atomic E-state index is -0.239. The first-order valence-electron chi connectivity index (χ1n) is 7.70. The maximum atomic E-state index is 11.6. The molecule has 1 heterocycles. The molecule has 0 saturated carbocycles. The largest absolute Gasteiger partial charge is 0.365 e. The minimum Gasteiger partial charge on any atom is -0.365 e. The maximum Gasteiger partial charge on any atom is 0.273 e. The van der Waals surface area contributed by atoms with Crippen molar-refractivity contribution >= 4 is 17.3 Å². The van der Waals surface area contributed by atoms with Gasteiger partial charge in [0, 0.05) is 5.69 Å². The van der Waals surface area contributed by atoms with E-state index in [0.717, 1.165) is 26.2 Å². The Bertz CT molecular complexity index is 619. The molecule has 1 aliphatic heterocycles. The van der Waals surface area contributed by atoms with Crippen LogP contribution in [0.25, 0.3) is 0 Å². The van der Waals surface area contributed by atoms with Crippen molar-refractivity contribution in [3.05, 3.63) is 60.7 Å². The third-order valence-corrected chi connectivity index (χ3v) is 4.48. The second kappa shape index (κ2) is 6.20. The summed E-state index contributed by atoms with van der Waals surface area (Å²) in [6, 6.07) is 20.7. The number of benzene rings is 2.